The molecule has 6 nitrogen and oxygen atoms in total. The summed E-state index contributed by atoms with van der Waals surface area (Å²) in [5.74, 6) is 1.01. The summed E-state index contributed by atoms with van der Waals surface area (Å²) in [5, 5.41) is 11.9. The summed E-state index contributed by atoms with van der Waals surface area (Å²) in [6, 6.07) is 3.51. The topological polar surface area (TPSA) is 61.5 Å². The fraction of sp³-hybridized carbons (Fsp3) is 0.154. The summed E-state index contributed by atoms with van der Waals surface area (Å²) >= 11 is 6.18. The van der Waals surface area contributed by atoms with E-state index >= 15 is 0 Å². The molecule has 2 aromatic rings. The van der Waals surface area contributed by atoms with E-state index in [1.165, 1.54) is 17.3 Å². The van der Waals surface area contributed by atoms with E-state index in [9.17, 15) is 0 Å². The van der Waals surface area contributed by atoms with Crippen LogP contribution in [0.4, 0.5) is 0 Å². The van der Waals surface area contributed by atoms with Crippen molar-refractivity contribution in [1.82, 2.24) is 14.9 Å². The Morgan fingerprint density at radius 1 is 1.40 bits per heavy atom. The van der Waals surface area contributed by atoms with Crippen LogP contribution in [0.3, 0.4) is 0 Å². The Balaban J connectivity index is 2.27. The first-order chi connectivity index (χ1) is 9.74. The number of ether oxygens (including phenoxy) is 2. The summed E-state index contributed by atoms with van der Waals surface area (Å²) in [4.78, 5) is 0. The fourth-order valence-corrected chi connectivity index (χ4v) is 1.76. The molecule has 0 aliphatic heterocycles. The van der Waals surface area contributed by atoms with Gasteiger partial charge in [-0.2, -0.15) is 5.10 Å². The number of hydrogen-bond acceptors (Lipinski definition) is 5. The van der Waals surface area contributed by atoms with E-state index in [4.69, 9.17) is 21.1 Å². The molecular weight excluding hydrogens is 280 g/mol. The van der Waals surface area contributed by atoms with Gasteiger partial charge in [0.1, 0.15) is 19.3 Å². The summed E-state index contributed by atoms with van der Waals surface area (Å²) in [6.07, 6.45) is 6.22. The summed E-state index contributed by atoms with van der Waals surface area (Å²) in [5.41, 5.74) is 0.770. The molecule has 0 aliphatic rings. The van der Waals surface area contributed by atoms with Crippen LogP contribution in [0, 0.1) is 0 Å². The molecule has 0 radical (unpaired) electrons. The van der Waals surface area contributed by atoms with E-state index in [1.807, 2.05) is 0 Å². The van der Waals surface area contributed by atoms with Gasteiger partial charge >= 0.3 is 0 Å². The molecule has 104 valence electrons. The minimum Gasteiger partial charge on any atom is -0.493 e. The second-order valence-electron chi connectivity index (χ2n) is 3.72. The number of halogens is 1. The van der Waals surface area contributed by atoms with Crippen molar-refractivity contribution in [3.05, 3.63) is 48.0 Å². The van der Waals surface area contributed by atoms with Crippen LogP contribution in [-0.4, -0.2) is 34.8 Å². The molecule has 0 N–H and O–H groups in total. The molecule has 7 heteroatoms. The fourth-order valence-electron chi connectivity index (χ4n) is 1.48. The second kappa shape index (κ2) is 6.72. The second-order valence-corrected chi connectivity index (χ2v) is 4.13. The third kappa shape index (κ3) is 3.36. The monoisotopic (exact) mass is 292 g/mol. The average molecular weight is 293 g/mol. The first kappa shape index (κ1) is 14.1. The normalized spacial score (nSPS) is 10.7. The molecule has 1 aromatic heterocycles. The molecule has 2 rings (SSSR count). The van der Waals surface area contributed by atoms with Crippen LogP contribution in [0.1, 0.15) is 5.56 Å². The Labute approximate surface area is 121 Å². The van der Waals surface area contributed by atoms with Crippen molar-refractivity contribution in [2.24, 2.45) is 5.10 Å². The smallest absolute Gasteiger partial charge is 0.180 e. The lowest BCUT2D eigenvalue weighted by atomic mass is 10.2. The lowest BCUT2D eigenvalue weighted by Crippen LogP contribution is -1.98. The Hall–Kier alpha value is -2.34. The van der Waals surface area contributed by atoms with Crippen LogP contribution < -0.4 is 9.47 Å². The summed E-state index contributed by atoms with van der Waals surface area (Å²) in [7, 11) is 1.55. The van der Waals surface area contributed by atoms with Gasteiger partial charge in [0, 0.05) is 0 Å². The van der Waals surface area contributed by atoms with Crippen molar-refractivity contribution in [2.75, 3.05) is 13.7 Å². The van der Waals surface area contributed by atoms with Crippen LogP contribution in [0.5, 0.6) is 11.5 Å². The van der Waals surface area contributed by atoms with E-state index in [-0.39, 0.29) is 0 Å². The Bertz CT molecular complexity index is 611. The number of aromatic nitrogens is 3. The quantitative estimate of drug-likeness (QED) is 0.606. The van der Waals surface area contributed by atoms with Crippen molar-refractivity contribution in [2.45, 2.75) is 0 Å². The lowest BCUT2D eigenvalue weighted by molar-refractivity contribution is 0.326. The van der Waals surface area contributed by atoms with Gasteiger partial charge in [0.25, 0.3) is 0 Å². The summed E-state index contributed by atoms with van der Waals surface area (Å²) < 4.78 is 12.2. The van der Waals surface area contributed by atoms with E-state index in [0.29, 0.717) is 23.1 Å². The third-order valence-corrected chi connectivity index (χ3v) is 2.62. The van der Waals surface area contributed by atoms with Gasteiger partial charge in [0.2, 0.25) is 0 Å². The molecule has 20 heavy (non-hydrogen) atoms. The zero-order valence-electron chi connectivity index (χ0n) is 10.9. The van der Waals surface area contributed by atoms with Gasteiger partial charge in [-0.25, -0.2) is 4.68 Å². The molecule has 1 aromatic carbocycles. The predicted octanol–water partition coefficient (Wildman–Crippen LogP) is 2.39. The van der Waals surface area contributed by atoms with E-state index in [1.54, 1.807) is 31.5 Å². The molecule has 0 saturated heterocycles. The highest BCUT2D eigenvalue weighted by Crippen LogP contribution is 2.36. The van der Waals surface area contributed by atoms with Gasteiger partial charge in [-0.15, -0.1) is 10.2 Å². The molecule has 0 unspecified atom stereocenters. The summed E-state index contributed by atoms with van der Waals surface area (Å²) in [6.45, 7) is 3.94. The highest BCUT2D eigenvalue weighted by atomic mass is 35.5. The molecule has 0 atom stereocenters. The largest absolute Gasteiger partial charge is 0.493 e. The first-order valence-corrected chi connectivity index (χ1v) is 6.12. The van der Waals surface area contributed by atoms with E-state index in [0.717, 1.165) is 5.56 Å². The highest BCUT2D eigenvalue weighted by Gasteiger charge is 2.10. The van der Waals surface area contributed by atoms with Crippen LogP contribution >= 0.6 is 11.6 Å². The Morgan fingerprint density at radius 3 is 2.80 bits per heavy atom. The number of rotatable bonds is 6. The van der Waals surface area contributed by atoms with Crippen molar-refractivity contribution < 1.29 is 9.47 Å². The predicted molar refractivity (Wildman–Crippen MR) is 76.7 cm³/mol. The van der Waals surface area contributed by atoms with Crippen molar-refractivity contribution in [3.8, 4) is 11.5 Å². The number of methoxy groups -OCH3 is 1. The number of benzene rings is 1. The van der Waals surface area contributed by atoms with Gasteiger partial charge in [-0.3, -0.25) is 0 Å². The molecule has 0 fully saturated rings. The van der Waals surface area contributed by atoms with Gasteiger partial charge in [-0.1, -0.05) is 24.3 Å². The average Bonchev–Trinajstić information content (AvgIpc) is 2.96. The van der Waals surface area contributed by atoms with Gasteiger partial charge < -0.3 is 9.47 Å². The van der Waals surface area contributed by atoms with Crippen molar-refractivity contribution in [3.63, 3.8) is 0 Å². The SMILES string of the molecule is C=CCOc1c(Cl)cc(/C=N\n2cnnc2)cc1OC. The molecule has 0 aliphatic carbocycles. The maximum Gasteiger partial charge on any atom is 0.180 e. The molecule has 0 bridgehead atoms. The van der Waals surface area contributed by atoms with Crippen LogP contribution in [0.2, 0.25) is 5.02 Å². The zero-order chi connectivity index (χ0) is 14.4. The molecule has 1 heterocycles. The Morgan fingerprint density at radius 2 is 2.15 bits per heavy atom. The molecule has 0 spiro atoms. The van der Waals surface area contributed by atoms with Crippen molar-refractivity contribution >= 4 is 17.8 Å². The van der Waals surface area contributed by atoms with Crippen LogP contribution in [0.25, 0.3) is 0 Å². The van der Waals surface area contributed by atoms with Crippen molar-refractivity contribution in [1.29, 1.82) is 0 Å². The van der Waals surface area contributed by atoms with E-state index < -0.39 is 0 Å². The minimum absolute atomic E-state index is 0.351. The van der Waals surface area contributed by atoms with Crippen LogP contribution in [0.15, 0.2) is 42.5 Å². The van der Waals surface area contributed by atoms with E-state index in [2.05, 4.69) is 21.9 Å². The molecule has 0 saturated carbocycles. The lowest BCUT2D eigenvalue weighted by Gasteiger charge is -2.11. The van der Waals surface area contributed by atoms with Crippen LogP contribution in [-0.2, 0) is 0 Å². The Kier molecular flexibility index (Phi) is 4.73. The minimum atomic E-state index is 0.351. The number of hydrogen-bond donors (Lipinski definition) is 0. The first-order valence-electron chi connectivity index (χ1n) is 5.75. The molecule has 0 amide bonds. The number of nitrogens with zero attached hydrogens (tertiary/aromatic N) is 4. The zero-order valence-corrected chi connectivity index (χ0v) is 11.6. The third-order valence-electron chi connectivity index (χ3n) is 2.34. The maximum absolute atomic E-state index is 6.18. The standard InChI is InChI=1S/C13H13ClN4O2/c1-3-4-20-13-11(14)5-10(6-12(13)19-2)7-17-18-8-15-16-9-18/h3,5-9H,1,4H2,2H3/b17-7-. The highest BCUT2D eigenvalue weighted by molar-refractivity contribution is 6.32. The maximum atomic E-state index is 6.18. The van der Waals surface area contributed by atoms with Gasteiger partial charge in [0.05, 0.1) is 18.3 Å². The van der Waals surface area contributed by atoms with Gasteiger partial charge in [-0.05, 0) is 17.7 Å². The van der Waals surface area contributed by atoms with Gasteiger partial charge in [0.15, 0.2) is 11.5 Å². The molecular formula is C13H13ClN4O2.